The number of halogens is 1. The highest BCUT2D eigenvalue weighted by atomic mass is 32.2. The highest BCUT2D eigenvalue weighted by Crippen LogP contribution is 2.35. The minimum Gasteiger partial charge on any atom is -0.371 e. The Morgan fingerprint density at radius 3 is 2.56 bits per heavy atom. The molecule has 0 aromatic heterocycles. The molecule has 1 aromatic carbocycles. The van der Waals surface area contributed by atoms with Crippen molar-refractivity contribution in [2.45, 2.75) is 24.3 Å². The Kier molecular flexibility index (Phi) is 2.10. The summed E-state index contributed by atoms with van der Waals surface area (Å²) in [6, 6.07) is 3.84. The Hall–Kier alpha value is -1.43. The summed E-state index contributed by atoms with van der Waals surface area (Å²) < 4.78 is 37.0. The van der Waals surface area contributed by atoms with Gasteiger partial charge in [-0.1, -0.05) is 6.07 Å². The van der Waals surface area contributed by atoms with Crippen molar-refractivity contribution in [3.8, 4) is 0 Å². The lowest BCUT2D eigenvalue weighted by Gasteiger charge is -2.31. The van der Waals surface area contributed by atoms with E-state index in [4.69, 9.17) is 0 Å². The average molecular weight is 243 g/mol. The van der Waals surface area contributed by atoms with Crippen molar-refractivity contribution >= 4 is 20.6 Å². The standard InChI is InChI=1S/C10H10FNO3S/c1-10(2)9(13)16(14,15)8-6(11)4-3-5-7(8)12-10/h3-5,12H,1-2H3. The Bertz CT molecular complexity index is 578. The summed E-state index contributed by atoms with van der Waals surface area (Å²) in [6.45, 7) is 2.89. The van der Waals surface area contributed by atoms with Gasteiger partial charge >= 0.3 is 0 Å². The first-order valence-corrected chi connectivity index (χ1v) is 6.11. The second kappa shape index (κ2) is 3.04. The van der Waals surface area contributed by atoms with Crippen LogP contribution in [0, 0.1) is 5.82 Å². The number of sulfone groups is 1. The van der Waals surface area contributed by atoms with E-state index in [0.717, 1.165) is 6.07 Å². The molecular weight excluding hydrogens is 233 g/mol. The molecule has 0 spiro atoms. The summed E-state index contributed by atoms with van der Waals surface area (Å²) in [4.78, 5) is 11.1. The number of nitrogens with one attached hydrogen (secondary N) is 1. The first kappa shape index (κ1) is 11.1. The van der Waals surface area contributed by atoms with Crippen LogP contribution in [-0.4, -0.2) is 19.1 Å². The van der Waals surface area contributed by atoms with Gasteiger partial charge in [0.05, 0.1) is 5.69 Å². The van der Waals surface area contributed by atoms with Crippen molar-refractivity contribution in [1.29, 1.82) is 0 Å². The van der Waals surface area contributed by atoms with Crippen LogP contribution in [0.3, 0.4) is 0 Å². The fourth-order valence-electron chi connectivity index (χ4n) is 1.70. The van der Waals surface area contributed by atoms with Crippen LogP contribution in [0.1, 0.15) is 13.8 Å². The molecule has 0 saturated carbocycles. The van der Waals surface area contributed by atoms with Crippen LogP contribution in [0.15, 0.2) is 23.1 Å². The second-order valence-corrected chi connectivity index (χ2v) is 5.94. The normalized spacial score (nSPS) is 21.1. The molecule has 4 nitrogen and oxygen atoms in total. The second-order valence-electron chi connectivity index (χ2n) is 4.16. The van der Waals surface area contributed by atoms with Gasteiger partial charge in [-0.15, -0.1) is 0 Å². The summed E-state index contributed by atoms with van der Waals surface area (Å²) in [5.74, 6) is -0.908. The predicted molar refractivity (Wildman–Crippen MR) is 56.3 cm³/mol. The number of hydrogen-bond acceptors (Lipinski definition) is 4. The third-order valence-corrected chi connectivity index (χ3v) is 4.39. The van der Waals surface area contributed by atoms with Gasteiger partial charge < -0.3 is 5.32 Å². The predicted octanol–water partition coefficient (Wildman–Crippen LogP) is 1.33. The van der Waals surface area contributed by atoms with Crippen LogP contribution in [-0.2, 0) is 14.6 Å². The zero-order chi connectivity index (χ0) is 12.1. The molecule has 0 fully saturated rings. The zero-order valence-electron chi connectivity index (χ0n) is 8.74. The zero-order valence-corrected chi connectivity index (χ0v) is 9.56. The fourth-order valence-corrected chi connectivity index (χ4v) is 3.34. The third kappa shape index (κ3) is 1.33. The number of benzene rings is 1. The number of anilines is 1. The number of hydrogen-bond donors (Lipinski definition) is 1. The topological polar surface area (TPSA) is 63.2 Å². The minimum atomic E-state index is -4.24. The maximum Gasteiger partial charge on any atom is 0.275 e. The van der Waals surface area contributed by atoms with E-state index < -0.39 is 31.2 Å². The first-order chi connectivity index (χ1) is 7.27. The Morgan fingerprint density at radius 2 is 1.94 bits per heavy atom. The van der Waals surface area contributed by atoms with Crippen molar-refractivity contribution in [2.24, 2.45) is 0 Å². The van der Waals surface area contributed by atoms with Crippen molar-refractivity contribution in [1.82, 2.24) is 0 Å². The van der Waals surface area contributed by atoms with Gasteiger partial charge in [0, 0.05) is 0 Å². The van der Waals surface area contributed by atoms with Gasteiger partial charge in [-0.2, -0.15) is 0 Å². The number of carbonyl (C=O) groups excluding carboxylic acids is 1. The summed E-state index contributed by atoms with van der Waals surface area (Å²) in [5.41, 5.74) is -1.11. The summed E-state index contributed by atoms with van der Waals surface area (Å²) >= 11 is 0. The summed E-state index contributed by atoms with van der Waals surface area (Å²) in [6.07, 6.45) is 0. The lowest BCUT2D eigenvalue weighted by atomic mass is 10.1. The van der Waals surface area contributed by atoms with Gasteiger partial charge in [0.2, 0.25) is 9.84 Å². The lowest BCUT2D eigenvalue weighted by molar-refractivity contribution is -0.114. The monoisotopic (exact) mass is 243 g/mol. The molecule has 16 heavy (non-hydrogen) atoms. The van der Waals surface area contributed by atoms with Gasteiger partial charge in [0.15, 0.2) is 0 Å². The SMILES string of the molecule is CC1(C)Nc2cccc(F)c2S(=O)(=O)C1=O. The highest BCUT2D eigenvalue weighted by molar-refractivity contribution is 8.06. The molecule has 1 N–H and O–H groups in total. The van der Waals surface area contributed by atoms with E-state index in [1.807, 2.05) is 0 Å². The molecular formula is C10H10FNO3S. The lowest BCUT2D eigenvalue weighted by Crippen LogP contribution is -2.48. The summed E-state index contributed by atoms with van der Waals surface area (Å²) in [7, 11) is -4.24. The Morgan fingerprint density at radius 1 is 1.31 bits per heavy atom. The van der Waals surface area contributed by atoms with Crippen molar-refractivity contribution in [2.75, 3.05) is 5.32 Å². The molecule has 86 valence electrons. The van der Waals surface area contributed by atoms with E-state index in [1.165, 1.54) is 26.0 Å². The van der Waals surface area contributed by atoms with E-state index in [2.05, 4.69) is 5.32 Å². The molecule has 0 amide bonds. The molecule has 0 saturated heterocycles. The van der Waals surface area contributed by atoms with Crippen molar-refractivity contribution in [3.63, 3.8) is 0 Å². The maximum atomic E-state index is 13.4. The largest absolute Gasteiger partial charge is 0.371 e. The van der Waals surface area contributed by atoms with E-state index >= 15 is 0 Å². The average Bonchev–Trinajstić information content (AvgIpc) is 2.13. The molecule has 2 rings (SSSR count). The highest BCUT2D eigenvalue weighted by Gasteiger charge is 2.45. The number of fused-ring (bicyclic) bond motifs is 1. The molecule has 1 aliphatic rings. The molecule has 1 aliphatic heterocycles. The van der Waals surface area contributed by atoms with Gasteiger partial charge in [-0.05, 0) is 26.0 Å². The number of carbonyl (C=O) groups is 1. The smallest absolute Gasteiger partial charge is 0.275 e. The van der Waals surface area contributed by atoms with Crippen molar-refractivity contribution < 1.29 is 17.6 Å². The van der Waals surface area contributed by atoms with Gasteiger partial charge in [-0.3, -0.25) is 4.79 Å². The van der Waals surface area contributed by atoms with Crippen LogP contribution in [0.4, 0.5) is 10.1 Å². The van der Waals surface area contributed by atoms with E-state index in [1.54, 1.807) is 0 Å². The molecule has 1 aromatic rings. The van der Waals surface area contributed by atoms with Crippen LogP contribution in [0.2, 0.25) is 0 Å². The molecule has 1 heterocycles. The van der Waals surface area contributed by atoms with Gasteiger partial charge in [0.1, 0.15) is 16.3 Å². The molecule has 0 bridgehead atoms. The Balaban J connectivity index is 2.83. The third-order valence-electron chi connectivity index (χ3n) is 2.44. The first-order valence-electron chi connectivity index (χ1n) is 4.63. The molecule has 0 unspecified atom stereocenters. The molecule has 0 radical (unpaired) electrons. The fraction of sp³-hybridized carbons (Fsp3) is 0.300. The van der Waals surface area contributed by atoms with E-state index in [0.29, 0.717) is 0 Å². The molecule has 6 heteroatoms. The quantitative estimate of drug-likeness (QED) is 0.746. The van der Waals surface area contributed by atoms with Gasteiger partial charge in [-0.25, -0.2) is 12.8 Å². The molecule has 0 atom stereocenters. The van der Waals surface area contributed by atoms with E-state index in [9.17, 15) is 17.6 Å². The summed E-state index contributed by atoms with van der Waals surface area (Å²) in [5, 5.41) is 1.70. The maximum absolute atomic E-state index is 13.4. The van der Waals surface area contributed by atoms with Crippen LogP contribution < -0.4 is 5.32 Å². The number of rotatable bonds is 0. The minimum absolute atomic E-state index is 0.129. The van der Waals surface area contributed by atoms with E-state index in [-0.39, 0.29) is 5.69 Å². The Labute approximate surface area is 92.4 Å². The van der Waals surface area contributed by atoms with Crippen LogP contribution >= 0.6 is 0 Å². The van der Waals surface area contributed by atoms with Crippen molar-refractivity contribution in [3.05, 3.63) is 24.0 Å². The van der Waals surface area contributed by atoms with Gasteiger partial charge in [0.25, 0.3) is 5.12 Å². The van der Waals surface area contributed by atoms with Crippen LogP contribution in [0.25, 0.3) is 0 Å². The van der Waals surface area contributed by atoms with Crippen LogP contribution in [0.5, 0.6) is 0 Å². The molecule has 0 aliphatic carbocycles.